The van der Waals surface area contributed by atoms with Gasteiger partial charge in [-0.1, -0.05) is 20.8 Å². The molecule has 12 heavy (non-hydrogen) atoms. The van der Waals surface area contributed by atoms with Crippen molar-refractivity contribution >= 4 is 0 Å². The minimum atomic E-state index is -0.594. The molecule has 0 radical (unpaired) electrons. The second kappa shape index (κ2) is 3.00. The van der Waals surface area contributed by atoms with Crippen LogP contribution in [0.3, 0.4) is 0 Å². The summed E-state index contributed by atoms with van der Waals surface area (Å²) in [5, 5.41) is 13.6. The summed E-state index contributed by atoms with van der Waals surface area (Å²) in [5.41, 5.74) is -0.640. The molecule has 0 saturated carbocycles. The summed E-state index contributed by atoms with van der Waals surface area (Å²) in [6.07, 6.45) is 2.29. The summed E-state index contributed by atoms with van der Waals surface area (Å²) in [4.78, 5) is 0. The average molecular weight is 171 g/mol. The van der Waals surface area contributed by atoms with Gasteiger partial charge in [0.15, 0.2) is 0 Å². The van der Waals surface area contributed by atoms with Crippen molar-refractivity contribution in [2.24, 2.45) is 5.41 Å². The highest BCUT2D eigenvalue weighted by molar-refractivity contribution is 4.98. The zero-order chi connectivity index (χ0) is 9.41. The van der Waals surface area contributed by atoms with E-state index in [0.717, 1.165) is 13.0 Å². The van der Waals surface area contributed by atoms with E-state index in [4.69, 9.17) is 0 Å². The van der Waals surface area contributed by atoms with E-state index in [2.05, 4.69) is 26.1 Å². The number of nitrogens with one attached hydrogen (secondary N) is 1. The lowest BCUT2D eigenvalue weighted by Gasteiger charge is -2.41. The lowest BCUT2D eigenvalue weighted by Crippen LogP contribution is -2.53. The van der Waals surface area contributed by atoms with Crippen molar-refractivity contribution in [3.05, 3.63) is 0 Å². The number of hydrogen-bond donors (Lipinski definition) is 2. The predicted octanol–water partition coefficient (Wildman–Crippen LogP) is 1.54. The smallest absolute Gasteiger partial charge is 0.0819 e. The van der Waals surface area contributed by atoms with E-state index < -0.39 is 5.60 Å². The van der Waals surface area contributed by atoms with Gasteiger partial charge in [-0.3, -0.25) is 0 Å². The summed E-state index contributed by atoms with van der Waals surface area (Å²) < 4.78 is 0. The van der Waals surface area contributed by atoms with Crippen LogP contribution >= 0.6 is 0 Å². The Kier molecular flexibility index (Phi) is 2.50. The summed E-state index contributed by atoms with van der Waals surface area (Å²) in [6.45, 7) is 9.26. The fraction of sp³-hybridized carbons (Fsp3) is 1.00. The fourth-order valence-electron chi connectivity index (χ4n) is 1.69. The van der Waals surface area contributed by atoms with Gasteiger partial charge in [-0.2, -0.15) is 0 Å². The molecule has 0 spiro atoms. The Bertz CT molecular complexity index is 152. The van der Waals surface area contributed by atoms with Gasteiger partial charge in [0.25, 0.3) is 0 Å². The normalized spacial score (nSPS) is 30.2. The number of rotatable bonds is 1. The van der Waals surface area contributed by atoms with Gasteiger partial charge in [0.2, 0.25) is 0 Å². The molecule has 1 fully saturated rings. The standard InChI is InChI=1S/C10H21NO/c1-9(2,3)10(4,12)8-6-5-7-11-8/h8,11-12H,5-7H2,1-4H3/t8-,10?/m0/s1. The summed E-state index contributed by atoms with van der Waals surface area (Å²) in [5.74, 6) is 0. The topological polar surface area (TPSA) is 32.3 Å². The van der Waals surface area contributed by atoms with Crippen LogP contribution in [0.5, 0.6) is 0 Å². The molecule has 0 aromatic rings. The van der Waals surface area contributed by atoms with Crippen molar-refractivity contribution in [3.63, 3.8) is 0 Å². The Hall–Kier alpha value is -0.0800. The van der Waals surface area contributed by atoms with E-state index in [9.17, 15) is 5.11 Å². The van der Waals surface area contributed by atoms with E-state index >= 15 is 0 Å². The molecule has 2 nitrogen and oxygen atoms in total. The Morgan fingerprint density at radius 2 is 1.83 bits per heavy atom. The molecule has 0 aliphatic carbocycles. The summed E-state index contributed by atoms with van der Waals surface area (Å²) in [6, 6.07) is 0.275. The third-order valence-electron chi connectivity index (χ3n) is 3.26. The second-order valence-corrected chi connectivity index (χ2v) is 5.05. The van der Waals surface area contributed by atoms with Crippen molar-refractivity contribution in [1.82, 2.24) is 5.32 Å². The first-order valence-corrected chi connectivity index (χ1v) is 4.81. The van der Waals surface area contributed by atoms with Crippen LogP contribution in [-0.4, -0.2) is 23.3 Å². The quantitative estimate of drug-likeness (QED) is 0.627. The van der Waals surface area contributed by atoms with Crippen molar-refractivity contribution in [2.45, 2.75) is 52.2 Å². The first kappa shape index (κ1) is 10.0. The van der Waals surface area contributed by atoms with Gasteiger partial charge in [0.1, 0.15) is 0 Å². The Morgan fingerprint density at radius 3 is 2.17 bits per heavy atom. The average Bonchev–Trinajstić information content (AvgIpc) is 2.34. The molecule has 0 aromatic carbocycles. The molecule has 1 aliphatic heterocycles. The summed E-state index contributed by atoms with van der Waals surface area (Å²) in [7, 11) is 0. The monoisotopic (exact) mass is 171 g/mol. The van der Waals surface area contributed by atoms with Crippen LogP contribution in [0.1, 0.15) is 40.5 Å². The van der Waals surface area contributed by atoms with Crippen LogP contribution in [0.4, 0.5) is 0 Å². The maximum Gasteiger partial charge on any atom is 0.0819 e. The van der Waals surface area contributed by atoms with Gasteiger partial charge >= 0.3 is 0 Å². The lowest BCUT2D eigenvalue weighted by atomic mass is 9.73. The Balaban J connectivity index is 2.69. The van der Waals surface area contributed by atoms with Gasteiger partial charge < -0.3 is 10.4 Å². The molecule has 2 atom stereocenters. The van der Waals surface area contributed by atoms with E-state index in [-0.39, 0.29) is 11.5 Å². The lowest BCUT2D eigenvalue weighted by molar-refractivity contribution is -0.0667. The zero-order valence-corrected chi connectivity index (χ0v) is 8.65. The zero-order valence-electron chi connectivity index (χ0n) is 8.65. The molecule has 0 bridgehead atoms. The highest BCUT2D eigenvalue weighted by Gasteiger charge is 2.43. The van der Waals surface area contributed by atoms with E-state index in [1.54, 1.807) is 0 Å². The minimum absolute atomic E-state index is 0.0466. The molecule has 1 rings (SSSR count). The molecule has 1 saturated heterocycles. The Morgan fingerprint density at radius 1 is 1.25 bits per heavy atom. The van der Waals surface area contributed by atoms with Crippen molar-refractivity contribution in [1.29, 1.82) is 0 Å². The maximum atomic E-state index is 10.3. The molecule has 0 aromatic heterocycles. The van der Waals surface area contributed by atoms with Crippen molar-refractivity contribution < 1.29 is 5.11 Å². The molecule has 0 amide bonds. The maximum absolute atomic E-state index is 10.3. The first-order chi connectivity index (χ1) is 5.36. The molecular weight excluding hydrogens is 150 g/mol. The first-order valence-electron chi connectivity index (χ1n) is 4.81. The fourth-order valence-corrected chi connectivity index (χ4v) is 1.69. The molecule has 1 aliphatic rings. The van der Waals surface area contributed by atoms with Gasteiger partial charge in [-0.05, 0) is 31.7 Å². The largest absolute Gasteiger partial charge is 0.388 e. The van der Waals surface area contributed by atoms with Crippen LogP contribution in [0.15, 0.2) is 0 Å². The van der Waals surface area contributed by atoms with Gasteiger partial charge in [-0.25, -0.2) is 0 Å². The van der Waals surface area contributed by atoms with Gasteiger partial charge in [-0.15, -0.1) is 0 Å². The minimum Gasteiger partial charge on any atom is -0.388 e. The molecule has 2 heteroatoms. The van der Waals surface area contributed by atoms with Crippen LogP contribution in [-0.2, 0) is 0 Å². The van der Waals surface area contributed by atoms with Crippen LogP contribution in [0.25, 0.3) is 0 Å². The van der Waals surface area contributed by atoms with Gasteiger partial charge in [0.05, 0.1) is 5.60 Å². The van der Waals surface area contributed by atoms with Crippen LogP contribution in [0.2, 0.25) is 0 Å². The third kappa shape index (κ3) is 1.64. The predicted molar refractivity (Wildman–Crippen MR) is 51.1 cm³/mol. The number of hydrogen-bond acceptors (Lipinski definition) is 2. The van der Waals surface area contributed by atoms with Crippen molar-refractivity contribution in [2.75, 3.05) is 6.54 Å². The summed E-state index contributed by atoms with van der Waals surface area (Å²) >= 11 is 0. The second-order valence-electron chi connectivity index (χ2n) is 5.05. The van der Waals surface area contributed by atoms with E-state index in [1.165, 1.54) is 6.42 Å². The van der Waals surface area contributed by atoms with Crippen LogP contribution < -0.4 is 5.32 Å². The SMILES string of the molecule is CC(C)(C)C(C)(O)[C@@H]1CCCN1. The highest BCUT2D eigenvalue weighted by atomic mass is 16.3. The van der Waals surface area contributed by atoms with Gasteiger partial charge in [0, 0.05) is 6.04 Å². The Labute approximate surface area is 75.4 Å². The van der Waals surface area contributed by atoms with Crippen LogP contribution in [0, 0.1) is 5.41 Å². The van der Waals surface area contributed by atoms with Crippen molar-refractivity contribution in [3.8, 4) is 0 Å². The molecule has 2 N–H and O–H groups in total. The molecule has 1 unspecified atom stereocenters. The molecular formula is C10H21NO. The van der Waals surface area contributed by atoms with E-state index in [1.807, 2.05) is 6.92 Å². The van der Waals surface area contributed by atoms with E-state index in [0.29, 0.717) is 0 Å². The number of aliphatic hydroxyl groups is 1. The molecule has 72 valence electrons. The highest BCUT2D eigenvalue weighted by Crippen LogP contribution is 2.35. The molecule has 1 heterocycles. The third-order valence-corrected chi connectivity index (χ3v) is 3.26.